The maximum Gasteiger partial charge on any atom is 0.322 e. The molecule has 4 nitrogen and oxygen atoms in total. The number of likely N-dealkylation sites (N-methyl/N-ethyl adjacent to an activating group) is 1. The van der Waals surface area contributed by atoms with Gasteiger partial charge in [0.2, 0.25) is 0 Å². The van der Waals surface area contributed by atoms with Gasteiger partial charge in [-0.25, -0.2) is 0 Å². The van der Waals surface area contributed by atoms with Crippen LogP contribution in [0.25, 0.3) is 0 Å². The fraction of sp³-hybridized carbons (Fsp3) is 0.909. The van der Waals surface area contributed by atoms with Crippen molar-refractivity contribution in [3.63, 3.8) is 0 Å². The van der Waals surface area contributed by atoms with Crippen molar-refractivity contribution in [1.29, 1.82) is 0 Å². The zero-order valence-corrected chi connectivity index (χ0v) is 9.86. The molecule has 0 aromatic carbocycles. The number of carbonyl (C=O) groups is 1. The third-order valence-electron chi connectivity index (χ3n) is 2.72. The summed E-state index contributed by atoms with van der Waals surface area (Å²) in [5.74, 6) is -0.747. The van der Waals surface area contributed by atoms with Crippen LogP contribution >= 0.6 is 0 Å². The molecule has 1 rings (SSSR count). The second-order valence-corrected chi connectivity index (χ2v) is 4.53. The van der Waals surface area contributed by atoms with Gasteiger partial charge >= 0.3 is 5.97 Å². The lowest BCUT2D eigenvalue weighted by Gasteiger charge is -2.25. The van der Waals surface area contributed by atoms with E-state index in [9.17, 15) is 4.79 Å². The standard InChI is InChI=1S/C11H22N2O2/c1-4-13(9-5-6-9)7-10(11(14)15)12-8(2)3/h8-10,12H,4-7H2,1-3H3,(H,14,15). The lowest BCUT2D eigenvalue weighted by molar-refractivity contribution is -0.140. The van der Waals surface area contributed by atoms with E-state index in [0.29, 0.717) is 12.6 Å². The monoisotopic (exact) mass is 214 g/mol. The van der Waals surface area contributed by atoms with Crippen LogP contribution in [0.5, 0.6) is 0 Å². The van der Waals surface area contributed by atoms with Gasteiger partial charge < -0.3 is 10.4 Å². The molecule has 0 amide bonds. The first-order valence-corrected chi connectivity index (χ1v) is 5.77. The normalized spacial score (nSPS) is 18.5. The van der Waals surface area contributed by atoms with E-state index in [1.54, 1.807) is 0 Å². The average Bonchev–Trinajstić information content (AvgIpc) is 2.94. The van der Waals surface area contributed by atoms with Gasteiger partial charge in [0.05, 0.1) is 0 Å². The number of aliphatic carboxylic acids is 1. The van der Waals surface area contributed by atoms with E-state index in [0.717, 1.165) is 6.54 Å². The lowest BCUT2D eigenvalue weighted by Crippen LogP contribution is -2.49. The van der Waals surface area contributed by atoms with Gasteiger partial charge in [0.25, 0.3) is 0 Å². The van der Waals surface area contributed by atoms with E-state index in [4.69, 9.17) is 5.11 Å². The minimum absolute atomic E-state index is 0.212. The average molecular weight is 214 g/mol. The van der Waals surface area contributed by atoms with Gasteiger partial charge in [-0.15, -0.1) is 0 Å². The van der Waals surface area contributed by atoms with Crippen molar-refractivity contribution in [2.45, 2.75) is 51.7 Å². The molecular weight excluding hydrogens is 192 g/mol. The van der Waals surface area contributed by atoms with Gasteiger partial charge in [-0.1, -0.05) is 20.8 Å². The Morgan fingerprint density at radius 1 is 1.53 bits per heavy atom. The summed E-state index contributed by atoms with van der Waals surface area (Å²) in [5, 5.41) is 12.2. The smallest absolute Gasteiger partial charge is 0.322 e. The van der Waals surface area contributed by atoms with Crippen LogP contribution in [0.3, 0.4) is 0 Å². The van der Waals surface area contributed by atoms with E-state index in [2.05, 4.69) is 17.1 Å². The summed E-state index contributed by atoms with van der Waals surface area (Å²) in [7, 11) is 0. The fourth-order valence-corrected chi connectivity index (χ4v) is 1.82. The summed E-state index contributed by atoms with van der Waals surface area (Å²) in [5.41, 5.74) is 0. The van der Waals surface area contributed by atoms with Crippen LogP contribution < -0.4 is 5.32 Å². The molecule has 1 unspecified atom stereocenters. The Labute approximate surface area is 91.6 Å². The molecule has 0 bridgehead atoms. The number of hydrogen-bond donors (Lipinski definition) is 2. The second-order valence-electron chi connectivity index (χ2n) is 4.53. The molecular formula is C11H22N2O2. The highest BCUT2D eigenvalue weighted by atomic mass is 16.4. The molecule has 15 heavy (non-hydrogen) atoms. The van der Waals surface area contributed by atoms with Crippen LogP contribution in [0.4, 0.5) is 0 Å². The van der Waals surface area contributed by atoms with E-state index < -0.39 is 12.0 Å². The summed E-state index contributed by atoms with van der Waals surface area (Å²) < 4.78 is 0. The van der Waals surface area contributed by atoms with E-state index in [1.807, 2.05) is 13.8 Å². The zero-order chi connectivity index (χ0) is 11.4. The maximum absolute atomic E-state index is 11.0. The number of carboxylic acid groups (broad SMARTS) is 1. The number of nitrogens with one attached hydrogen (secondary N) is 1. The molecule has 1 aliphatic rings. The minimum Gasteiger partial charge on any atom is -0.480 e. The van der Waals surface area contributed by atoms with E-state index in [-0.39, 0.29) is 6.04 Å². The van der Waals surface area contributed by atoms with Crippen molar-refractivity contribution in [3.8, 4) is 0 Å². The molecule has 0 heterocycles. The molecule has 0 aromatic rings. The third-order valence-corrected chi connectivity index (χ3v) is 2.72. The SMILES string of the molecule is CCN(CC(NC(C)C)C(=O)O)C1CC1. The third kappa shape index (κ3) is 4.18. The van der Waals surface area contributed by atoms with E-state index in [1.165, 1.54) is 12.8 Å². The van der Waals surface area contributed by atoms with Crippen LogP contribution in [0.15, 0.2) is 0 Å². The summed E-state index contributed by atoms with van der Waals surface area (Å²) in [6, 6.07) is 0.403. The van der Waals surface area contributed by atoms with Gasteiger partial charge in [-0.3, -0.25) is 9.69 Å². The van der Waals surface area contributed by atoms with Crippen molar-refractivity contribution >= 4 is 5.97 Å². The van der Waals surface area contributed by atoms with Crippen LogP contribution in [0, 0.1) is 0 Å². The molecule has 0 saturated heterocycles. The van der Waals surface area contributed by atoms with Crippen LogP contribution in [-0.2, 0) is 4.79 Å². The maximum atomic E-state index is 11.0. The first-order chi connectivity index (χ1) is 7.04. The molecule has 2 N–H and O–H groups in total. The molecule has 88 valence electrons. The molecule has 1 fully saturated rings. The van der Waals surface area contributed by atoms with Crippen LogP contribution in [0.2, 0.25) is 0 Å². The predicted molar refractivity (Wildman–Crippen MR) is 60.0 cm³/mol. The highest BCUT2D eigenvalue weighted by Gasteiger charge is 2.31. The molecule has 0 aliphatic heterocycles. The van der Waals surface area contributed by atoms with Crippen molar-refractivity contribution in [3.05, 3.63) is 0 Å². The molecule has 0 spiro atoms. The fourth-order valence-electron chi connectivity index (χ4n) is 1.82. The summed E-state index contributed by atoms with van der Waals surface area (Å²) in [6.07, 6.45) is 2.45. The second kappa shape index (κ2) is 5.47. The van der Waals surface area contributed by atoms with Gasteiger partial charge in [0.15, 0.2) is 0 Å². The summed E-state index contributed by atoms with van der Waals surface area (Å²) >= 11 is 0. The Morgan fingerprint density at radius 3 is 2.47 bits per heavy atom. The first-order valence-electron chi connectivity index (χ1n) is 5.77. The highest BCUT2D eigenvalue weighted by Crippen LogP contribution is 2.26. The molecule has 0 aromatic heterocycles. The van der Waals surface area contributed by atoms with Gasteiger partial charge in [-0.05, 0) is 19.4 Å². The topological polar surface area (TPSA) is 52.6 Å². The predicted octanol–water partition coefficient (Wildman–Crippen LogP) is 0.922. The Bertz CT molecular complexity index is 215. The Balaban J connectivity index is 2.44. The largest absolute Gasteiger partial charge is 0.480 e. The molecule has 1 saturated carbocycles. The lowest BCUT2D eigenvalue weighted by atomic mass is 10.2. The Hall–Kier alpha value is -0.610. The quantitative estimate of drug-likeness (QED) is 0.662. The summed E-state index contributed by atoms with van der Waals surface area (Å²) in [6.45, 7) is 7.60. The Kier molecular flexibility index (Phi) is 4.54. The van der Waals surface area contributed by atoms with Crippen molar-refractivity contribution < 1.29 is 9.90 Å². The van der Waals surface area contributed by atoms with Crippen LogP contribution in [-0.4, -0.2) is 47.2 Å². The number of carboxylic acids is 1. The molecule has 4 heteroatoms. The van der Waals surface area contributed by atoms with E-state index >= 15 is 0 Å². The van der Waals surface area contributed by atoms with Crippen molar-refractivity contribution in [1.82, 2.24) is 10.2 Å². The number of hydrogen-bond acceptors (Lipinski definition) is 3. The number of nitrogens with zero attached hydrogens (tertiary/aromatic N) is 1. The number of rotatable bonds is 7. The highest BCUT2D eigenvalue weighted by molar-refractivity contribution is 5.73. The zero-order valence-electron chi connectivity index (χ0n) is 9.86. The minimum atomic E-state index is -0.747. The molecule has 1 aliphatic carbocycles. The summed E-state index contributed by atoms with van der Waals surface area (Å²) in [4.78, 5) is 13.3. The first kappa shape index (κ1) is 12.5. The molecule has 0 radical (unpaired) electrons. The van der Waals surface area contributed by atoms with Crippen molar-refractivity contribution in [2.24, 2.45) is 0 Å². The van der Waals surface area contributed by atoms with Gasteiger partial charge in [0, 0.05) is 18.6 Å². The van der Waals surface area contributed by atoms with Crippen LogP contribution in [0.1, 0.15) is 33.6 Å². The van der Waals surface area contributed by atoms with Gasteiger partial charge in [-0.2, -0.15) is 0 Å². The van der Waals surface area contributed by atoms with Gasteiger partial charge in [0.1, 0.15) is 6.04 Å². The molecule has 1 atom stereocenters. The van der Waals surface area contributed by atoms with Crippen molar-refractivity contribution in [2.75, 3.05) is 13.1 Å². The Morgan fingerprint density at radius 2 is 2.13 bits per heavy atom.